The van der Waals surface area contributed by atoms with Crippen LogP contribution in [-0.2, 0) is 21.4 Å². The van der Waals surface area contributed by atoms with Gasteiger partial charge in [0.1, 0.15) is 11.8 Å². The van der Waals surface area contributed by atoms with E-state index in [2.05, 4.69) is 24.0 Å². The number of sulfonamides is 1. The van der Waals surface area contributed by atoms with Crippen molar-refractivity contribution in [3.63, 3.8) is 0 Å². The molecule has 1 fully saturated rings. The molecule has 1 unspecified atom stereocenters. The van der Waals surface area contributed by atoms with E-state index in [1.54, 1.807) is 12.1 Å². The molecule has 3 aromatic rings. The highest BCUT2D eigenvalue weighted by Gasteiger charge is 2.39. The molecule has 1 atom stereocenters. The zero-order chi connectivity index (χ0) is 23.0. The lowest BCUT2D eigenvalue weighted by atomic mass is 10.1. The number of rotatable bonds is 5. The molecule has 1 amide bonds. The summed E-state index contributed by atoms with van der Waals surface area (Å²) in [5, 5.41) is 0. The van der Waals surface area contributed by atoms with E-state index in [9.17, 15) is 13.2 Å². The molecule has 1 aliphatic rings. The number of ether oxygens (including phenoxy) is 1. The van der Waals surface area contributed by atoms with E-state index in [4.69, 9.17) is 4.74 Å². The summed E-state index contributed by atoms with van der Waals surface area (Å²) in [6, 6.07) is 9.65. The van der Waals surface area contributed by atoms with Crippen LogP contribution in [0, 0.1) is 13.8 Å². The zero-order valence-corrected chi connectivity index (χ0v) is 20.3. The van der Waals surface area contributed by atoms with Crippen LogP contribution >= 0.6 is 11.3 Å². The van der Waals surface area contributed by atoms with Gasteiger partial charge in [0.15, 0.2) is 4.80 Å². The molecular formula is C23H27N3O4S2. The Labute approximate surface area is 192 Å². The summed E-state index contributed by atoms with van der Waals surface area (Å²) in [5.41, 5.74) is 3.35. The normalized spacial score (nSPS) is 17.9. The van der Waals surface area contributed by atoms with E-state index in [0.717, 1.165) is 21.3 Å². The molecule has 0 aliphatic carbocycles. The summed E-state index contributed by atoms with van der Waals surface area (Å²) < 4.78 is 36.0. The number of nitrogens with zero attached hydrogens (tertiary/aromatic N) is 3. The third-order valence-electron chi connectivity index (χ3n) is 5.79. The second-order valence-electron chi connectivity index (χ2n) is 7.96. The molecule has 2 aromatic carbocycles. The number of thiazole rings is 1. The highest BCUT2D eigenvalue weighted by atomic mass is 32.2. The van der Waals surface area contributed by atoms with Gasteiger partial charge in [-0.1, -0.05) is 17.4 Å². The Bertz CT molecular complexity index is 1340. The van der Waals surface area contributed by atoms with Gasteiger partial charge in [-0.05, 0) is 75.1 Å². The van der Waals surface area contributed by atoms with Crippen LogP contribution in [0.15, 0.2) is 46.3 Å². The Morgan fingerprint density at radius 1 is 1.22 bits per heavy atom. The molecular weight excluding hydrogens is 446 g/mol. The van der Waals surface area contributed by atoms with Crippen molar-refractivity contribution in [2.45, 2.75) is 51.1 Å². The second-order valence-corrected chi connectivity index (χ2v) is 10.8. The highest BCUT2D eigenvalue weighted by Crippen LogP contribution is 2.28. The average Bonchev–Trinajstić information content (AvgIpc) is 3.39. The first-order valence-corrected chi connectivity index (χ1v) is 12.9. The summed E-state index contributed by atoms with van der Waals surface area (Å²) in [5.74, 6) is 0.162. The summed E-state index contributed by atoms with van der Waals surface area (Å²) in [4.78, 5) is 18.4. The van der Waals surface area contributed by atoms with Gasteiger partial charge in [0.2, 0.25) is 10.0 Å². The molecule has 7 nitrogen and oxygen atoms in total. The molecule has 32 heavy (non-hydrogen) atoms. The molecule has 0 spiro atoms. The molecule has 9 heteroatoms. The fourth-order valence-corrected chi connectivity index (χ4v) is 7.03. The van der Waals surface area contributed by atoms with Crippen molar-refractivity contribution in [1.82, 2.24) is 8.87 Å². The maximum absolute atomic E-state index is 13.2. The Morgan fingerprint density at radius 3 is 2.59 bits per heavy atom. The molecule has 1 saturated heterocycles. The smallest absolute Gasteiger partial charge is 0.266 e. The van der Waals surface area contributed by atoms with Gasteiger partial charge in [-0.15, -0.1) is 0 Å². The first-order chi connectivity index (χ1) is 15.3. The molecule has 0 N–H and O–H groups in total. The van der Waals surface area contributed by atoms with E-state index in [0.29, 0.717) is 36.5 Å². The lowest BCUT2D eigenvalue weighted by molar-refractivity contribution is -0.121. The summed E-state index contributed by atoms with van der Waals surface area (Å²) >= 11 is 1.47. The number of carbonyl (C=O) groups excluding carboxylic acids is 1. The monoisotopic (exact) mass is 473 g/mol. The third kappa shape index (κ3) is 4.00. The van der Waals surface area contributed by atoms with Gasteiger partial charge in [-0.25, -0.2) is 8.42 Å². The Hall–Kier alpha value is -2.49. The van der Waals surface area contributed by atoms with Crippen molar-refractivity contribution >= 4 is 37.5 Å². The minimum Gasteiger partial charge on any atom is -0.497 e. The second kappa shape index (κ2) is 8.80. The van der Waals surface area contributed by atoms with Gasteiger partial charge < -0.3 is 9.30 Å². The van der Waals surface area contributed by atoms with Crippen molar-refractivity contribution < 1.29 is 17.9 Å². The molecule has 0 saturated carbocycles. The number of methoxy groups -OCH3 is 1. The maximum atomic E-state index is 13.2. The number of hydrogen-bond donors (Lipinski definition) is 0. The van der Waals surface area contributed by atoms with Crippen LogP contribution in [0.5, 0.6) is 5.75 Å². The SMILES string of the molecule is CCn1c(=NC(=O)C2CCCN2S(=O)(=O)c2ccc(OC)cc2)sc2c(C)cc(C)cc21. The molecule has 4 rings (SSSR count). The van der Waals surface area contributed by atoms with E-state index >= 15 is 0 Å². The Morgan fingerprint density at radius 2 is 1.94 bits per heavy atom. The minimum absolute atomic E-state index is 0.148. The first-order valence-electron chi connectivity index (χ1n) is 10.6. The summed E-state index contributed by atoms with van der Waals surface area (Å²) in [6.07, 6.45) is 1.09. The lowest BCUT2D eigenvalue weighted by Gasteiger charge is -2.21. The van der Waals surface area contributed by atoms with Crippen LogP contribution in [0.3, 0.4) is 0 Å². The summed E-state index contributed by atoms with van der Waals surface area (Å²) in [7, 11) is -2.28. The van der Waals surface area contributed by atoms with Gasteiger partial charge in [-0.3, -0.25) is 4.79 Å². The molecule has 0 radical (unpaired) electrons. The first kappa shape index (κ1) is 22.7. The molecule has 0 bridgehead atoms. The van der Waals surface area contributed by atoms with E-state index in [1.165, 1.54) is 34.9 Å². The standard InChI is InChI=1S/C23H27N3O4S2/c1-5-25-20-14-15(2)13-16(3)21(20)31-23(25)24-22(27)19-7-6-12-26(19)32(28,29)18-10-8-17(30-4)9-11-18/h8-11,13-14,19H,5-7,12H2,1-4H3. The largest absolute Gasteiger partial charge is 0.497 e. The van der Waals surface area contributed by atoms with Gasteiger partial charge >= 0.3 is 0 Å². The fraction of sp³-hybridized carbons (Fsp3) is 0.391. The maximum Gasteiger partial charge on any atom is 0.266 e. The zero-order valence-electron chi connectivity index (χ0n) is 18.7. The van der Waals surface area contributed by atoms with Crippen LogP contribution in [0.2, 0.25) is 0 Å². The predicted octanol–water partition coefficient (Wildman–Crippen LogP) is 3.63. The molecule has 1 aromatic heterocycles. The number of carbonyl (C=O) groups is 1. The number of benzene rings is 2. The van der Waals surface area contributed by atoms with Gasteiger partial charge in [-0.2, -0.15) is 9.30 Å². The van der Waals surface area contributed by atoms with Crippen LogP contribution in [-0.4, -0.2) is 42.9 Å². The molecule has 1 aliphatic heterocycles. The van der Waals surface area contributed by atoms with Crippen molar-refractivity contribution in [2.75, 3.05) is 13.7 Å². The van der Waals surface area contributed by atoms with Crippen LogP contribution in [0.1, 0.15) is 30.9 Å². The predicted molar refractivity (Wildman–Crippen MR) is 125 cm³/mol. The number of hydrogen-bond acceptors (Lipinski definition) is 5. The van der Waals surface area contributed by atoms with Crippen molar-refractivity contribution in [1.29, 1.82) is 0 Å². The van der Waals surface area contributed by atoms with Crippen molar-refractivity contribution in [3.05, 3.63) is 52.3 Å². The fourth-order valence-electron chi connectivity index (χ4n) is 4.23. The lowest BCUT2D eigenvalue weighted by Crippen LogP contribution is -2.40. The van der Waals surface area contributed by atoms with Gasteiger partial charge in [0, 0.05) is 13.1 Å². The van der Waals surface area contributed by atoms with Crippen LogP contribution in [0.4, 0.5) is 0 Å². The Balaban J connectivity index is 1.71. The average molecular weight is 474 g/mol. The van der Waals surface area contributed by atoms with E-state index in [1.807, 2.05) is 18.4 Å². The molecule has 170 valence electrons. The summed E-state index contributed by atoms with van der Waals surface area (Å²) in [6.45, 7) is 7.10. The number of fused-ring (bicyclic) bond motifs is 1. The number of amides is 1. The van der Waals surface area contributed by atoms with E-state index < -0.39 is 22.0 Å². The van der Waals surface area contributed by atoms with Gasteiger partial charge in [0.05, 0.1) is 22.2 Å². The van der Waals surface area contributed by atoms with Crippen LogP contribution in [0.25, 0.3) is 10.2 Å². The van der Waals surface area contributed by atoms with Crippen molar-refractivity contribution in [3.8, 4) is 5.75 Å². The van der Waals surface area contributed by atoms with E-state index in [-0.39, 0.29) is 4.90 Å². The molecule has 2 heterocycles. The quantitative estimate of drug-likeness (QED) is 0.567. The number of aryl methyl sites for hydroxylation is 3. The van der Waals surface area contributed by atoms with Gasteiger partial charge in [0.25, 0.3) is 5.91 Å². The Kier molecular flexibility index (Phi) is 6.24. The van der Waals surface area contributed by atoms with Crippen molar-refractivity contribution in [2.24, 2.45) is 4.99 Å². The minimum atomic E-state index is -3.81. The topological polar surface area (TPSA) is 81.0 Å². The number of aromatic nitrogens is 1. The highest BCUT2D eigenvalue weighted by molar-refractivity contribution is 7.89. The third-order valence-corrected chi connectivity index (χ3v) is 8.94. The van der Waals surface area contributed by atoms with Crippen LogP contribution < -0.4 is 9.54 Å².